The lowest BCUT2D eigenvalue weighted by molar-refractivity contribution is -0.132. The van der Waals surface area contributed by atoms with Crippen LogP contribution in [-0.4, -0.2) is 35.4 Å². The zero-order valence-electron chi connectivity index (χ0n) is 6.16. The number of carbonyl (C=O) groups excluding carboxylic acids is 1. The van der Waals surface area contributed by atoms with Crippen molar-refractivity contribution in [2.24, 2.45) is 0 Å². The summed E-state index contributed by atoms with van der Waals surface area (Å²) < 4.78 is 0. The number of likely N-dealkylation sites (N-methyl/N-ethyl adjacent to an activating group) is 1. The van der Waals surface area contributed by atoms with Crippen LogP contribution in [0.5, 0.6) is 0 Å². The monoisotopic (exact) mass is 144 g/mol. The molecule has 1 aliphatic heterocycles. The topological polar surface area (TPSA) is 52.6 Å². The second-order valence-electron chi connectivity index (χ2n) is 2.45. The van der Waals surface area contributed by atoms with Crippen LogP contribution in [0.3, 0.4) is 0 Å². The maximum atomic E-state index is 11.1. The summed E-state index contributed by atoms with van der Waals surface area (Å²) in [7, 11) is 1.58. The summed E-state index contributed by atoms with van der Waals surface area (Å²) in [5.41, 5.74) is 0. The quantitative estimate of drug-likeness (QED) is 0.501. The lowest BCUT2D eigenvalue weighted by atomic mass is 10.2. The highest BCUT2D eigenvalue weighted by molar-refractivity contribution is 5.83. The summed E-state index contributed by atoms with van der Waals surface area (Å²) in [6, 6.07) is -0.194. The Kier molecular flexibility index (Phi) is 1.92. The van der Waals surface area contributed by atoms with Gasteiger partial charge in [-0.1, -0.05) is 6.92 Å². The molecule has 0 bridgehead atoms. The maximum absolute atomic E-state index is 11.1. The van der Waals surface area contributed by atoms with E-state index in [0.717, 1.165) is 6.42 Å². The molecule has 2 atom stereocenters. The molecule has 0 aromatic rings. The second kappa shape index (κ2) is 2.56. The Bertz CT molecular complexity index is 149. The van der Waals surface area contributed by atoms with Gasteiger partial charge in [-0.15, -0.1) is 0 Å². The van der Waals surface area contributed by atoms with Gasteiger partial charge in [0, 0.05) is 7.05 Å². The van der Waals surface area contributed by atoms with Crippen LogP contribution in [0.1, 0.15) is 13.3 Å². The summed E-state index contributed by atoms with van der Waals surface area (Å²) >= 11 is 0. The summed E-state index contributed by atoms with van der Waals surface area (Å²) in [6.07, 6.45) is -0.0716. The van der Waals surface area contributed by atoms with Crippen molar-refractivity contribution in [3.8, 4) is 0 Å². The van der Waals surface area contributed by atoms with Crippen LogP contribution in [0, 0.1) is 0 Å². The Morgan fingerprint density at radius 1 is 1.80 bits per heavy atom. The predicted octanol–water partition coefficient (Wildman–Crippen LogP) is -0.898. The minimum Gasteiger partial charge on any atom is -0.361 e. The fourth-order valence-corrected chi connectivity index (χ4v) is 1.02. The van der Waals surface area contributed by atoms with Gasteiger partial charge in [0.25, 0.3) is 0 Å². The first kappa shape index (κ1) is 7.50. The Hall–Kier alpha value is -0.610. The van der Waals surface area contributed by atoms with E-state index in [1.165, 1.54) is 4.90 Å². The zero-order valence-corrected chi connectivity index (χ0v) is 6.16. The molecule has 1 heterocycles. The highest BCUT2D eigenvalue weighted by atomic mass is 16.3. The molecule has 4 heteroatoms. The largest absolute Gasteiger partial charge is 0.361 e. The number of hydrogen-bond acceptors (Lipinski definition) is 3. The number of carbonyl (C=O) groups is 1. The minimum absolute atomic E-state index is 0.0324. The molecule has 0 saturated carbocycles. The molecule has 1 amide bonds. The van der Waals surface area contributed by atoms with Crippen molar-refractivity contribution < 1.29 is 9.90 Å². The summed E-state index contributed by atoms with van der Waals surface area (Å²) in [5, 5.41) is 11.8. The highest BCUT2D eigenvalue weighted by Gasteiger charge is 2.33. The average molecular weight is 144 g/mol. The van der Waals surface area contributed by atoms with E-state index in [2.05, 4.69) is 5.32 Å². The first-order chi connectivity index (χ1) is 4.66. The third-order valence-electron chi connectivity index (χ3n) is 1.77. The van der Waals surface area contributed by atoms with Gasteiger partial charge in [0.15, 0.2) is 6.35 Å². The fourth-order valence-electron chi connectivity index (χ4n) is 1.02. The van der Waals surface area contributed by atoms with E-state index >= 15 is 0 Å². The van der Waals surface area contributed by atoms with Gasteiger partial charge < -0.3 is 10.0 Å². The van der Waals surface area contributed by atoms with Crippen molar-refractivity contribution in [3.63, 3.8) is 0 Å². The third-order valence-corrected chi connectivity index (χ3v) is 1.77. The van der Waals surface area contributed by atoms with Gasteiger partial charge in [-0.3, -0.25) is 10.1 Å². The number of nitrogens with one attached hydrogen (secondary N) is 1. The number of hydrogen-bond donors (Lipinski definition) is 2. The predicted molar refractivity (Wildman–Crippen MR) is 36.0 cm³/mol. The molecule has 1 aliphatic rings. The van der Waals surface area contributed by atoms with Gasteiger partial charge in [0.05, 0.1) is 6.04 Å². The van der Waals surface area contributed by atoms with Crippen LogP contribution in [0.2, 0.25) is 0 Å². The molecular formula is C6H12N2O2. The smallest absolute Gasteiger partial charge is 0.242 e. The number of nitrogens with zero attached hydrogens (tertiary/aromatic N) is 1. The van der Waals surface area contributed by atoms with Crippen molar-refractivity contribution in [1.82, 2.24) is 10.2 Å². The van der Waals surface area contributed by atoms with E-state index in [9.17, 15) is 4.79 Å². The van der Waals surface area contributed by atoms with Crippen molar-refractivity contribution in [2.75, 3.05) is 7.05 Å². The molecule has 2 unspecified atom stereocenters. The molecule has 0 aromatic heterocycles. The molecule has 0 radical (unpaired) electrons. The van der Waals surface area contributed by atoms with Crippen LogP contribution in [0.15, 0.2) is 0 Å². The van der Waals surface area contributed by atoms with Gasteiger partial charge in [-0.25, -0.2) is 0 Å². The Labute approximate surface area is 59.8 Å². The normalized spacial score (nSPS) is 33.5. The highest BCUT2D eigenvalue weighted by Crippen LogP contribution is 2.07. The number of aliphatic hydroxyl groups is 1. The van der Waals surface area contributed by atoms with Crippen molar-refractivity contribution in [1.29, 1.82) is 0 Å². The maximum Gasteiger partial charge on any atom is 0.242 e. The van der Waals surface area contributed by atoms with E-state index < -0.39 is 6.35 Å². The lowest BCUT2D eigenvalue weighted by Gasteiger charge is -2.11. The summed E-state index contributed by atoms with van der Waals surface area (Å²) in [6.45, 7) is 1.90. The van der Waals surface area contributed by atoms with Crippen LogP contribution < -0.4 is 5.32 Å². The first-order valence-corrected chi connectivity index (χ1v) is 3.37. The Balaban J connectivity index is 2.62. The first-order valence-electron chi connectivity index (χ1n) is 3.37. The second-order valence-corrected chi connectivity index (χ2v) is 2.45. The Morgan fingerprint density at radius 2 is 2.40 bits per heavy atom. The minimum atomic E-state index is -0.794. The molecule has 0 aliphatic carbocycles. The van der Waals surface area contributed by atoms with E-state index in [-0.39, 0.29) is 11.9 Å². The van der Waals surface area contributed by atoms with Crippen LogP contribution in [-0.2, 0) is 4.79 Å². The molecule has 0 spiro atoms. The molecule has 10 heavy (non-hydrogen) atoms. The van der Waals surface area contributed by atoms with E-state index in [4.69, 9.17) is 5.11 Å². The van der Waals surface area contributed by atoms with Crippen LogP contribution >= 0.6 is 0 Å². The molecule has 1 saturated heterocycles. The van der Waals surface area contributed by atoms with Gasteiger partial charge in [-0.05, 0) is 6.42 Å². The van der Waals surface area contributed by atoms with Crippen molar-refractivity contribution in [2.45, 2.75) is 25.7 Å². The molecular weight excluding hydrogens is 132 g/mol. The average Bonchev–Trinajstić information content (AvgIpc) is 2.17. The van der Waals surface area contributed by atoms with E-state index in [1.54, 1.807) is 7.05 Å². The third kappa shape index (κ3) is 0.998. The fraction of sp³-hybridized carbons (Fsp3) is 0.833. The molecule has 58 valence electrons. The van der Waals surface area contributed by atoms with Crippen molar-refractivity contribution >= 4 is 5.91 Å². The van der Waals surface area contributed by atoms with Crippen LogP contribution in [0.4, 0.5) is 0 Å². The van der Waals surface area contributed by atoms with Crippen LogP contribution in [0.25, 0.3) is 0 Å². The molecule has 1 fully saturated rings. The Morgan fingerprint density at radius 3 is 2.60 bits per heavy atom. The van der Waals surface area contributed by atoms with E-state index in [1.807, 2.05) is 6.92 Å². The number of aliphatic hydroxyl groups excluding tert-OH is 1. The van der Waals surface area contributed by atoms with Gasteiger partial charge in [0.2, 0.25) is 5.91 Å². The van der Waals surface area contributed by atoms with Gasteiger partial charge in [-0.2, -0.15) is 0 Å². The standard InChI is InChI=1S/C6H12N2O2/c1-3-4-5(9)8(2)6(10)7-4/h4,6-7,10H,3H2,1-2H3. The lowest BCUT2D eigenvalue weighted by Crippen LogP contribution is -2.33. The molecule has 1 rings (SSSR count). The zero-order chi connectivity index (χ0) is 7.72. The molecule has 2 N–H and O–H groups in total. The van der Waals surface area contributed by atoms with Gasteiger partial charge in [0.1, 0.15) is 0 Å². The number of amides is 1. The molecule has 0 aromatic carbocycles. The summed E-state index contributed by atoms with van der Waals surface area (Å²) in [4.78, 5) is 12.3. The van der Waals surface area contributed by atoms with Crippen molar-refractivity contribution in [3.05, 3.63) is 0 Å². The van der Waals surface area contributed by atoms with Gasteiger partial charge >= 0.3 is 0 Å². The summed E-state index contributed by atoms with van der Waals surface area (Å²) in [5.74, 6) is -0.0324. The van der Waals surface area contributed by atoms with E-state index in [0.29, 0.717) is 0 Å². The SMILES string of the molecule is CCC1NC(O)N(C)C1=O. The number of rotatable bonds is 1. The molecule has 4 nitrogen and oxygen atoms in total.